The van der Waals surface area contributed by atoms with Gasteiger partial charge in [0.05, 0.1) is 5.56 Å². The van der Waals surface area contributed by atoms with E-state index < -0.39 is 5.97 Å². The van der Waals surface area contributed by atoms with Crippen LogP contribution in [0.4, 0.5) is 5.82 Å². The van der Waals surface area contributed by atoms with Crippen molar-refractivity contribution in [3.8, 4) is 0 Å². The normalized spacial score (nSPS) is 10.4. The number of aryl methyl sites for hydroxylation is 2. The van der Waals surface area contributed by atoms with Crippen LogP contribution >= 0.6 is 11.8 Å². The highest BCUT2D eigenvalue weighted by Crippen LogP contribution is 2.33. The number of rotatable bonds is 3. The summed E-state index contributed by atoms with van der Waals surface area (Å²) in [4.78, 5) is 16.8. The number of aromatic nitrogens is 1. The Morgan fingerprint density at radius 2 is 2.00 bits per heavy atom. The number of pyridine rings is 1. The molecule has 0 radical (unpaired) electrons. The van der Waals surface area contributed by atoms with E-state index in [0.29, 0.717) is 4.90 Å². The Morgan fingerprint density at radius 3 is 2.63 bits per heavy atom. The van der Waals surface area contributed by atoms with Crippen LogP contribution in [-0.2, 0) is 0 Å². The van der Waals surface area contributed by atoms with Crippen molar-refractivity contribution < 1.29 is 9.90 Å². The van der Waals surface area contributed by atoms with Crippen molar-refractivity contribution in [2.75, 3.05) is 5.73 Å². The van der Waals surface area contributed by atoms with Crippen LogP contribution in [-0.4, -0.2) is 16.1 Å². The summed E-state index contributed by atoms with van der Waals surface area (Å²) in [7, 11) is 0. The number of carboxylic acids is 1. The van der Waals surface area contributed by atoms with Crippen molar-refractivity contribution >= 4 is 23.5 Å². The molecule has 0 saturated heterocycles. The molecule has 0 aliphatic carbocycles. The van der Waals surface area contributed by atoms with Crippen molar-refractivity contribution in [3.63, 3.8) is 0 Å². The molecular formula is C14H14N2O2S. The Kier molecular flexibility index (Phi) is 3.76. The Morgan fingerprint density at radius 1 is 1.26 bits per heavy atom. The highest BCUT2D eigenvalue weighted by atomic mass is 32.2. The number of carboxylic acid groups (broad SMARTS) is 1. The molecule has 98 valence electrons. The van der Waals surface area contributed by atoms with Gasteiger partial charge in [0, 0.05) is 16.0 Å². The lowest BCUT2D eigenvalue weighted by Gasteiger charge is -2.09. The van der Waals surface area contributed by atoms with Gasteiger partial charge in [-0.1, -0.05) is 29.5 Å². The lowest BCUT2D eigenvalue weighted by atomic mass is 10.2. The molecular weight excluding hydrogens is 260 g/mol. The van der Waals surface area contributed by atoms with Crippen LogP contribution in [0.1, 0.15) is 21.5 Å². The number of anilines is 1. The molecule has 1 aromatic heterocycles. The summed E-state index contributed by atoms with van der Waals surface area (Å²) in [6.07, 6.45) is 1.50. The molecule has 0 bridgehead atoms. The second-order valence-corrected chi connectivity index (χ2v) is 5.37. The Bertz CT molecular complexity index is 641. The summed E-state index contributed by atoms with van der Waals surface area (Å²) in [5.41, 5.74) is 7.99. The largest absolute Gasteiger partial charge is 0.478 e. The lowest BCUT2D eigenvalue weighted by molar-refractivity contribution is 0.0693. The molecule has 3 N–H and O–H groups in total. The summed E-state index contributed by atoms with van der Waals surface area (Å²) in [6.45, 7) is 4.02. The summed E-state index contributed by atoms with van der Waals surface area (Å²) in [5.74, 6) is -0.788. The zero-order valence-corrected chi connectivity index (χ0v) is 11.5. The zero-order valence-electron chi connectivity index (χ0n) is 10.7. The molecule has 0 saturated carbocycles. The second-order valence-electron chi connectivity index (χ2n) is 4.28. The third-order valence-corrected chi connectivity index (χ3v) is 3.89. The van der Waals surface area contributed by atoms with Gasteiger partial charge in [0.15, 0.2) is 0 Å². The van der Waals surface area contributed by atoms with Gasteiger partial charge in [0.1, 0.15) is 5.82 Å². The first-order chi connectivity index (χ1) is 8.97. The van der Waals surface area contributed by atoms with Gasteiger partial charge in [-0.25, -0.2) is 9.78 Å². The predicted octanol–water partition coefficient (Wildman–Crippen LogP) is 3.13. The quantitative estimate of drug-likeness (QED) is 0.899. The van der Waals surface area contributed by atoms with Crippen LogP contribution in [0.25, 0.3) is 0 Å². The first kappa shape index (κ1) is 13.4. The van der Waals surface area contributed by atoms with Gasteiger partial charge in [0.25, 0.3) is 0 Å². The van der Waals surface area contributed by atoms with Crippen molar-refractivity contribution in [1.82, 2.24) is 4.98 Å². The summed E-state index contributed by atoms with van der Waals surface area (Å²) >= 11 is 1.39. The second kappa shape index (κ2) is 5.32. The molecule has 0 aliphatic rings. The van der Waals surface area contributed by atoms with E-state index >= 15 is 0 Å². The molecule has 0 fully saturated rings. The summed E-state index contributed by atoms with van der Waals surface area (Å²) in [6, 6.07) is 7.43. The number of benzene rings is 1. The predicted molar refractivity (Wildman–Crippen MR) is 75.6 cm³/mol. The number of aromatic carboxylic acids is 1. The molecule has 1 heterocycles. The fourth-order valence-corrected chi connectivity index (χ4v) is 2.69. The standard InChI is InChI=1S/C14H14N2O2S/c1-8-3-4-11(9(2)5-8)19-12-7-16-13(15)6-10(12)14(17)18/h3-7H,1-2H3,(H2,15,16)(H,17,18). The number of nitrogen functional groups attached to an aromatic ring is 1. The van der Waals surface area contributed by atoms with E-state index in [2.05, 4.69) is 11.1 Å². The van der Waals surface area contributed by atoms with Crippen molar-refractivity contribution in [1.29, 1.82) is 0 Å². The van der Waals surface area contributed by atoms with E-state index in [9.17, 15) is 9.90 Å². The molecule has 5 heteroatoms. The van der Waals surface area contributed by atoms with E-state index in [-0.39, 0.29) is 11.4 Å². The maximum atomic E-state index is 11.2. The molecule has 0 atom stereocenters. The molecule has 0 amide bonds. The SMILES string of the molecule is Cc1ccc(Sc2cnc(N)cc2C(=O)O)c(C)c1. The number of carbonyl (C=O) groups is 1. The fraction of sp³-hybridized carbons (Fsp3) is 0.143. The van der Waals surface area contributed by atoms with Crippen LogP contribution in [0.15, 0.2) is 40.3 Å². The van der Waals surface area contributed by atoms with E-state index in [1.807, 2.05) is 26.0 Å². The molecule has 2 aromatic rings. The van der Waals surface area contributed by atoms with Crippen LogP contribution < -0.4 is 5.73 Å². The lowest BCUT2D eigenvalue weighted by Crippen LogP contribution is -2.02. The maximum absolute atomic E-state index is 11.2. The van der Waals surface area contributed by atoms with E-state index in [0.717, 1.165) is 10.5 Å². The van der Waals surface area contributed by atoms with Crippen LogP contribution in [0.5, 0.6) is 0 Å². The van der Waals surface area contributed by atoms with E-state index in [4.69, 9.17) is 5.73 Å². The topological polar surface area (TPSA) is 76.2 Å². The van der Waals surface area contributed by atoms with Gasteiger partial charge in [-0.05, 0) is 31.5 Å². The van der Waals surface area contributed by atoms with Crippen molar-refractivity contribution in [2.24, 2.45) is 0 Å². The molecule has 0 unspecified atom stereocenters. The minimum atomic E-state index is -0.999. The first-order valence-corrected chi connectivity index (χ1v) is 6.53. The fourth-order valence-electron chi connectivity index (χ4n) is 1.74. The molecule has 2 rings (SSSR count). The van der Waals surface area contributed by atoms with Gasteiger partial charge in [-0.15, -0.1) is 0 Å². The number of hydrogen-bond donors (Lipinski definition) is 2. The average Bonchev–Trinajstić information content (AvgIpc) is 2.34. The summed E-state index contributed by atoms with van der Waals surface area (Å²) < 4.78 is 0. The van der Waals surface area contributed by atoms with Crippen LogP contribution in [0.3, 0.4) is 0 Å². The average molecular weight is 274 g/mol. The van der Waals surface area contributed by atoms with Gasteiger partial charge < -0.3 is 10.8 Å². The first-order valence-electron chi connectivity index (χ1n) is 5.71. The number of hydrogen-bond acceptors (Lipinski definition) is 4. The van der Waals surface area contributed by atoms with Gasteiger partial charge >= 0.3 is 5.97 Å². The van der Waals surface area contributed by atoms with Gasteiger partial charge in [0.2, 0.25) is 0 Å². The Balaban J connectivity index is 2.40. The van der Waals surface area contributed by atoms with Gasteiger partial charge in [-0.3, -0.25) is 0 Å². The Hall–Kier alpha value is -2.01. The molecule has 0 spiro atoms. The van der Waals surface area contributed by atoms with Gasteiger partial charge in [-0.2, -0.15) is 0 Å². The van der Waals surface area contributed by atoms with E-state index in [1.165, 1.54) is 29.6 Å². The summed E-state index contributed by atoms with van der Waals surface area (Å²) in [5, 5.41) is 9.18. The minimum absolute atomic E-state index is 0.178. The van der Waals surface area contributed by atoms with Crippen molar-refractivity contribution in [3.05, 3.63) is 47.2 Å². The maximum Gasteiger partial charge on any atom is 0.337 e. The third-order valence-electron chi connectivity index (χ3n) is 2.67. The highest BCUT2D eigenvalue weighted by Gasteiger charge is 2.13. The van der Waals surface area contributed by atoms with Crippen molar-refractivity contribution in [2.45, 2.75) is 23.6 Å². The van der Waals surface area contributed by atoms with Crippen LogP contribution in [0, 0.1) is 13.8 Å². The molecule has 1 aromatic carbocycles. The van der Waals surface area contributed by atoms with E-state index in [1.54, 1.807) is 0 Å². The third kappa shape index (κ3) is 3.06. The minimum Gasteiger partial charge on any atom is -0.478 e. The smallest absolute Gasteiger partial charge is 0.337 e. The van der Waals surface area contributed by atoms with Crippen LogP contribution in [0.2, 0.25) is 0 Å². The number of nitrogens with zero attached hydrogens (tertiary/aromatic N) is 1. The molecule has 4 nitrogen and oxygen atoms in total. The number of nitrogens with two attached hydrogens (primary N) is 1. The Labute approximate surface area is 115 Å². The monoisotopic (exact) mass is 274 g/mol. The molecule has 19 heavy (non-hydrogen) atoms. The molecule has 0 aliphatic heterocycles. The zero-order chi connectivity index (χ0) is 14.0. The highest BCUT2D eigenvalue weighted by molar-refractivity contribution is 7.99.